The first kappa shape index (κ1) is 17.3. The molecule has 2 rings (SSSR count). The summed E-state index contributed by atoms with van der Waals surface area (Å²) in [4.78, 5) is 27.6. The average Bonchev–Trinajstić information content (AvgIpc) is 2.73. The highest BCUT2D eigenvalue weighted by Crippen LogP contribution is 2.39. The maximum absolute atomic E-state index is 11.8. The highest BCUT2D eigenvalue weighted by molar-refractivity contribution is 8.05. The van der Waals surface area contributed by atoms with Gasteiger partial charge < -0.3 is 0 Å². The zero-order chi connectivity index (χ0) is 16.9. The van der Waals surface area contributed by atoms with Gasteiger partial charge in [-0.2, -0.15) is 4.91 Å². The Morgan fingerprint density at radius 1 is 1.30 bits per heavy atom. The normalized spacial score (nSPS) is 14.7. The van der Waals surface area contributed by atoms with Crippen molar-refractivity contribution < 1.29 is 4.79 Å². The van der Waals surface area contributed by atoms with E-state index in [0.717, 1.165) is 28.0 Å². The lowest BCUT2D eigenvalue weighted by Gasteiger charge is -2.23. The van der Waals surface area contributed by atoms with Crippen molar-refractivity contribution in [2.24, 2.45) is 10.2 Å². The molecular formula is C18H20N2O2S. The fraction of sp³-hybridized carbons (Fsp3) is 0.333. The van der Waals surface area contributed by atoms with Gasteiger partial charge in [0.05, 0.1) is 4.75 Å². The Bertz CT molecular complexity index is 685. The predicted molar refractivity (Wildman–Crippen MR) is 97.5 cm³/mol. The number of carbonyl (C=O) groups is 1. The van der Waals surface area contributed by atoms with Crippen molar-refractivity contribution in [1.82, 2.24) is 0 Å². The summed E-state index contributed by atoms with van der Waals surface area (Å²) in [6, 6.07) is 7.73. The molecule has 0 spiro atoms. The van der Waals surface area contributed by atoms with Crippen molar-refractivity contribution in [2.45, 2.75) is 38.5 Å². The minimum absolute atomic E-state index is 0.145. The number of hydrogen-bond donors (Lipinski definition) is 0. The Morgan fingerprint density at radius 2 is 2.00 bits per heavy atom. The average molecular weight is 328 g/mol. The van der Waals surface area contributed by atoms with Gasteiger partial charge in [-0.1, -0.05) is 35.5 Å². The molecule has 1 heterocycles. The molecule has 0 atom stereocenters. The first-order chi connectivity index (χ1) is 10.9. The number of aliphatic imine (C=N–C) groups is 1. The van der Waals surface area contributed by atoms with Crippen LogP contribution in [0.15, 0.2) is 51.6 Å². The van der Waals surface area contributed by atoms with Gasteiger partial charge >= 0.3 is 0 Å². The van der Waals surface area contributed by atoms with E-state index in [1.165, 1.54) is 0 Å². The first-order valence-corrected chi connectivity index (χ1v) is 8.25. The number of nitroso groups, excluding NO2 is 1. The highest BCUT2D eigenvalue weighted by Gasteiger charge is 2.27. The standard InChI is InChI=1S/C18H20N2O2S/c1-13(21)18(2,3)23-17-5-4-10-19-12-16(17)15-8-6-14(7-9-15)11-20-22/h4,6-10,12H,5,11H2,1-3H3. The van der Waals surface area contributed by atoms with Crippen molar-refractivity contribution in [1.29, 1.82) is 0 Å². The number of Topliss-reactive ketones (excluding diaryl/α,β-unsaturated/α-hetero) is 1. The lowest BCUT2D eigenvalue weighted by atomic mass is 10.0. The van der Waals surface area contributed by atoms with Crippen molar-refractivity contribution in [3.8, 4) is 0 Å². The fourth-order valence-electron chi connectivity index (χ4n) is 2.10. The fourth-order valence-corrected chi connectivity index (χ4v) is 3.32. The second-order valence-corrected chi connectivity index (χ2v) is 7.57. The molecule has 0 fully saturated rings. The summed E-state index contributed by atoms with van der Waals surface area (Å²) < 4.78 is -0.478. The number of ketones is 1. The van der Waals surface area contributed by atoms with Gasteiger partial charge in [0.2, 0.25) is 0 Å². The molecule has 0 unspecified atom stereocenters. The van der Waals surface area contributed by atoms with Gasteiger partial charge in [0, 0.05) is 18.0 Å². The predicted octanol–water partition coefficient (Wildman–Crippen LogP) is 4.75. The Hall–Kier alpha value is -2.01. The van der Waals surface area contributed by atoms with E-state index in [1.807, 2.05) is 50.4 Å². The summed E-state index contributed by atoms with van der Waals surface area (Å²) >= 11 is 1.58. The van der Waals surface area contributed by atoms with E-state index in [9.17, 15) is 9.70 Å². The quantitative estimate of drug-likeness (QED) is 0.708. The van der Waals surface area contributed by atoms with E-state index in [-0.39, 0.29) is 12.3 Å². The summed E-state index contributed by atoms with van der Waals surface area (Å²) in [5.74, 6) is 0.145. The number of allylic oxidation sites excluding steroid dienone is 3. The Labute approximate surface area is 140 Å². The van der Waals surface area contributed by atoms with Crippen molar-refractivity contribution >= 4 is 29.3 Å². The molecule has 0 bridgehead atoms. The van der Waals surface area contributed by atoms with Gasteiger partial charge in [-0.15, -0.1) is 11.8 Å². The molecule has 120 valence electrons. The summed E-state index contributed by atoms with van der Waals surface area (Å²) in [6.45, 7) is 5.67. The molecule has 0 N–H and O–H groups in total. The molecule has 4 nitrogen and oxygen atoms in total. The van der Waals surface area contributed by atoms with Crippen LogP contribution >= 0.6 is 11.8 Å². The van der Waals surface area contributed by atoms with Crippen LogP contribution in [-0.4, -0.2) is 16.7 Å². The maximum Gasteiger partial charge on any atom is 0.145 e. The number of thioether (sulfide) groups is 1. The molecule has 1 aromatic rings. The molecule has 0 amide bonds. The smallest absolute Gasteiger partial charge is 0.145 e. The number of nitrogens with zero attached hydrogens (tertiary/aromatic N) is 2. The summed E-state index contributed by atoms with van der Waals surface area (Å²) in [5, 5.41) is 2.91. The largest absolute Gasteiger partial charge is 0.298 e. The van der Waals surface area contributed by atoms with E-state index in [4.69, 9.17) is 0 Å². The minimum Gasteiger partial charge on any atom is -0.298 e. The Morgan fingerprint density at radius 3 is 2.61 bits per heavy atom. The molecule has 0 radical (unpaired) electrons. The molecule has 5 heteroatoms. The summed E-state index contributed by atoms with van der Waals surface area (Å²) in [5.41, 5.74) is 2.92. The summed E-state index contributed by atoms with van der Waals surface area (Å²) in [7, 11) is 0. The molecule has 1 aromatic carbocycles. The zero-order valence-electron chi connectivity index (χ0n) is 13.6. The number of carbonyl (C=O) groups excluding carboxylic acids is 1. The molecule has 1 aliphatic heterocycles. The van der Waals surface area contributed by atoms with Gasteiger partial charge in [-0.25, -0.2) is 0 Å². The van der Waals surface area contributed by atoms with Crippen LogP contribution in [0, 0.1) is 4.91 Å². The van der Waals surface area contributed by atoms with E-state index < -0.39 is 4.75 Å². The Kier molecular flexibility index (Phi) is 5.66. The number of benzene rings is 1. The highest BCUT2D eigenvalue weighted by atomic mass is 32.2. The van der Waals surface area contributed by atoms with Crippen LogP contribution in [0.3, 0.4) is 0 Å². The van der Waals surface area contributed by atoms with E-state index in [2.05, 4.69) is 10.2 Å². The van der Waals surface area contributed by atoms with Crippen LogP contribution in [0.25, 0.3) is 5.57 Å². The van der Waals surface area contributed by atoms with Crippen molar-refractivity contribution in [2.75, 3.05) is 0 Å². The molecule has 0 aliphatic carbocycles. The lowest BCUT2D eigenvalue weighted by Crippen LogP contribution is -2.25. The molecular weight excluding hydrogens is 308 g/mol. The van der Waals surface area contributed by atoms with Gasteiger partial charge in [0.15, 0.2) is 0 Å². The number of rotatable bonds is 6. The Balaban J connectivity index is 2.39. The van der Waals surface area contributed by atoms with Gasteiger partial charge in [-0.05, 0) is 43.2 Å². The third kappa shape index (κ3) is 4.48. The minimum atomic E-state index is -0.478. The van der Waals surface area contributed by atoms with E-state index in [1.54, 1.807) is 24.9 Å². The summed E-state index contributed by atoms with van der Waals surface area (Å²) in [6.07, 6.45) is 6.34. The molecule has 0 aromatic heterocycles. The van der Waals surface area contributed by atoms with E-state index >= 15 is 0 Å². The van der Waals surface area contributed by atoms with Crippen LogP contribution in [0.4, 0.5) is 0 Å². The van der Waals surface area contributed by atoms with Crippen LogP contribution in [0.5, 0.6) is 0 Å². The van der Waals surface area contributed by atoms with Crippen LogP contribution in [0.1, 0.15) is 38.3 Å². The molecule has 0 saturated heterocycles. The van der Waals surface area contributed by atoms with Gasteiger partial charge in [0.1, 0.15) is 12.3 Å². The topological polar surface area (TPSA) is 58.9 Å². The second kappa shape index (κ2) is 7.51. The molecule has 1 aliphatic rings. The van der Waals surface area contributed by atoms with Crippen molar-refractivity contribution in [3.05, 3.63) is 57.5 Å². The lowest BCUT2D eigenvalue weighted by molar-refractivity contribution is -0.118. The second-order valence-electron chi connectivity index (χ2n) is 5.86. The molecule has 0 saturated carbocycles. The monoisotopic (exact) mass is 328 g/mol. The van der Waals surface area contributed by atoms with Crippen LogP contribution < -0.4 is 0 Å². The van der Waals surface area contributed by atoms with Crippen LogP contribution in [-0.2, 0) is 11.3 Å². The maximum atomic E-state index is 11.8. The van der Waals surface area contributed by atoms with E-state index in [0.29, 0.717) is 0 Å². The van der Waals surface area contributed by atoms with Crippen molar-refractivity contribution in [3.63, 3.8) is 0 Å². The third-order valence-corrected chi connectivity index (χ3v) is 5.17. The first-order valence-electron chi connectivity index (χ1n) is 7.44. The number of hydrogen-bond acceptors (Lipinski definition) is 5. The van der Waals surface area contributed by atoms with Gasteiger partial charge in [0.25, 0.3) is 0 Å². The van der Waals surface area contributed by atoms with Gasteiger partial charge in [-0.3, -0.25) is 9.79 Å². The zero-order valence-corrected chi connectivity index (χ0v) is 14.4. The molecule has 23 heavy (non-hydrogen) atoms. The third-order valence-electron chi connectivity index (χ3n) is 3.74. The SMILES string of the molecule is CC(=O)C(C)(C)SC1=C(c2ccc(CN=O)cc2)C=NC=CC1. The van der Waals surface area contributed by atoms with Crippen LogP contribution in [0.2, 0.25) is 0 Å².